The van der Waals surface area contributed by atoms with Gasteiger partial charge in [-0.15, -0.1) is 0 Å². The van der Waals surface area contributed by atoms with Crippen LogP contribution in [0.4, 0.5) is 8.78 Å². The molecule has 1 aliphatic heterocycles. The van der Waals surface area contributed by atoms with Gasteiger partial charge in [-0.2, -0.15) is 0 Å². The Morgan fingerprint density at radius 2 is 2.17 bits per heavy atom. The molecular formula is C13H15F2NO2. The third kappa shape index (κ3) is 3.04. The van der Waals surface area contributed by atoms with E-state index in [0.717, 1.165) is 25.5 Å². The number of nitrogens with zero attached hydrogens (tertiary/aromatic N) is 1. The van der Waals surface area contributed by atoms with Gasteiger partial charge in [0.25, 0.3) is 0 Å². The lowest BCUT2D eigenvalue weighted by Crippen LogP contribution is -2.30. The van der Waals surface area contributed by atoms with Crippen LogP contribution in [0.1, 0.15) is 24.8 Å². The van der Waals surface area contributed by atoms with Crippen molar-refractivity contribution >= 4 is 5.97 Å². The van der Waals surface area contributed by atoms with Gasteiger partial charge in [0.15, 0.2) is 11.6 Å². The van der Waals surface area contributed by atoms with Crippen molar-refractivity contribution in [2.45, 2.75) is 31.8 Å². The van der Waals surface area contributed by atoms with Crippen LogP contribution in [-0.2, 0) is 11.3 Å². The maximum absolute atomic E-state index is 13.1. The van der Waals surface area contributed by atoms with Crippen molar-refractivity contribution in [2.75, 3.05) is 6.54 Å². The number of hydrogen-bond acceptors (Lipinski definition) is 2. The van der Waals surface area contributed by atoms with Crippen molar-refractivity contribution < 1.29 is 18.7 Å². The smallest absolute Gasteiger partial charge is 0.304 e. The van der Waals surface area contributed by atoms with Crippen molar-refractivity contribution in [3.8, 4) is 0 Å². The van der Waals surface area contributed by atoms with E-state index < -0.39 is 17.6 Å². The summed E-state index contributed by atoms with van der Waals surface area (Å²) in [6.45, 7) is 1.27. The van der Waals surface area contributed by atoms with Crippen LogP contribution in [0.25, 0.3) is 0 Å². The molecule has 0 aliphatic carbocycles. The first-order valence-corrected chi connectivity index (χ1v) is 5.96. The molecule has 98 valence electrons. The Balaban J connectivity index is 2.03. The molecule has 3 nitrogen and oxygen atoms in total. The first kappa shape index (κ1) is 13.0. The highest BCUT2D eigenvalue weighted by Crippen LogP contribution is 2.23. The summed E-state index contributed by atoms with van der Waals surface area (Å²) in [7, 11) is 0. The number of carbonyl (C=O) groups is 1. The third-order valence-corrected chi connectivity index (χ3v) is 3.28. The average Bonchev–Trinajstić information content (AvgIpc) is 2.70. The Morgan fingerprint density at radius 3 is 2.83 bits per heavy atom. The first-order valence-electron chi connectivity index (χ1n) is 5.96. The highest BCUT2D eigenvalue weighted by molar-refractivity contribution is 5.67. The minimum absolute atomic E-state index is 0.00406. The van der Waals surface area contributed by atoms with Crippen LogP contribution in [-0.4, -0.2) is 28.6 Å². The van der Waals surface area contributed by atoms with Gasteiger partial charge >= 0.3 is 5.97 Å². The Morgan fingerprint density at radius 1 is 1.39 bits per heavy atom. The molecule has 0 aromatic heterocycles. The van der Waals surface area contributed by atoms with Gasteiger partial charge in [0, 0.05) is 12.6 Å². The van der Waals surface area contributed by atoms with Crippen LogP contribution in [0.15, 0.2) is 18.2 Å². The Labute approximate surface area is 104 Å². The monoisotopic (exact) mass is 255 g/mol. The molecule has 0 radical (unpaired) electrons. The van der Waals surface area contributed by atoms with Crippen molar-refractivity contribution in [2.24, 2.45) is 0 Å². The number of halogens is 2. The summed E-state index contributed by atoms with van der Waals surface area (Å²) in [5, 5.41) is 8.80. The van der Waals surface area contributed by atoms with Crippen LogP contribution in [0.2, 0.25) is 0 Å². The van der Waals surface area contributed by atoms with Gasteiger partial charge < -0.3 is 5.11 Å². The molecule has 1 aliphatic rings. The van der Waals surface area contributed by atoms with Crippen LogP contribution < -0.4 is 0 Å². The van der Waals surface area contributed by atoms with E-state index in [-0.39, 0.29) is 12.5 Å². The van der Waals surface area contributed by atoms with Gasteiger partial charge in [-0.25, -0.2) is 8.78 Å². The average molecular weight is 255 g/mol. The van der Waals surface area contributed by atoms with E-state index >= 15 is 0 Å². The predicted molar refractivity (Wildman–Crippen MR) is 62.0 cm³/mol. The molecular weight excluding hydrogens is 240 g/mol. The molecule has 18 heavy (non-hydrogen) atoms. The number of rotatable bonds is 4. The molecule has 0 amide bonds. The normalized spacial score (nSPS) is 20.2. The van der Waals surface area contributed by atoms with Crippen LogP contribution in [0, 0.1) is 11.6 Å². The summed E-state index contributed by atoms with van der Waals surface area (Å²) in [5.41, 5.74) is 0.672. The Hall–Kier alpha value is -1.49. The van der Waals surface area contributed by atoms with E-state index in [2.05, 4.69) is 0 Å². The molecule has 1 aromatic rings. The van der Waals surface area contributed by atoms with Gasteiger partial charge in [-0.05, 0) is 37.1 Å². The van der Waals surface area contributed by atoms with E-state index in [1.54, 1.807) is 0 Å². The van der Waals surface area contributed by atoms with E-state index in [9.17, 15) is 13.6 Å². The molecule has 1 heterocycles. The Bertz CT molecular complexity index is 451. The minimum Gasteiger partial charge on any atom is -0.481 e. The summed E-state index contributed by atoms with van der Waals surface area (Å²) in [6.07, 6.45) is 1.89. The lowest BCUT2D eigenvalue weighted by Gasteiger charge is -2.23. The largest absolute Gasteiger partial charge is 0.481 e. The molecule has 1 aromatic carbocycles. The zero-order valence-electron chi connectivity index (χ0n) is 9.90. The summed E-state index contributed by atoms with van der Waals surface area (Å²) in [6, 6.07) is 3.81. The topological polar surface area (TPSA) is 40.5 Å². The number of carboxylic acids is 1. The van der Waals surface area contributed by atoms with Crippen LogP contribution in [0.3, 0.4) is 0 Å². The van der Waals surface area contributed by atoms with Crippen molar-refractivity contribution in [1.29, 1.82) is 0 Å². The van der Waals surface area contributed by atoms with Crippen molar-refractivity contribution in [3.63, 3.8) is 0 Å². The van der Waals surface area contributed by atoms with Gasteiger partial charge in [-0.3, -0.25) is 9.69 Å². The summed E-state index contributed by atoms with van der Waals surface area (Å²) >= 11 is 0. The second kappa shape index (κ2) is 5.44. The number of likely N-dealkylation sites (tertiary alicyclic amines) is 1. The first-order chi connectivity index (χ1) is 8.56. The Kier molecular flexibility index (Phi) is 3.91. The number of aliphatic carboxylic acids is 1. The highest BCUT2D eigenvalue weighted by atomic mass is 19.2. The van der Waals surface area contributed by atoms with E-state index in [4.69, 9.17) is 5.11 Å². The van der Waals surface area contributed by atoms with E-state index in [0.29, 0.717) is 12.1 Å². The maximum atomic E-state index is 13.1. The van der Waals surface area contributed by atoms with Crippen LogP contribution in [0.5, 0.6) is 0 Å². The number of benzene rings is 1. The zero-order valence-corrected chi connectivity index (χ0v) is 9.90. The predicted octanol–water partition coefficient (Wildman–Crippen LogP) is 2.40. The standard InChI is InChI=1S/C13H15F2NO2/c14-11-4-3-9(6-12(11)15)8-16-5-1-2-10(16)7-13(17)18/h3-4,6,10H,1-2,5,7-8H2,(H,17,18). The minimum atomic E-state index is -0.860. The summed E-state index contributed by atoms with van der Waals surface area (Å²) in [5.74, 6) is -2.54. The molecule has 0 saturated carbocycles. The molecule has 0 spiro atoms. The highest BCUT2D eigenvalue weighted by Gasteiger charge is 2.26. The fourth-order valence-corrected chi connectivity index (χ4v) is 2.41. The van der Waals surface area contributed by atoms with E-state index in [1.165, 1.54) is 12.1 Å². The summed E-state index contributed by atoms with van der Waals surface area (Å²) < 4.78 is 25.9. The SMILES string of the molecule is O=C(O)CC1CCCN1Cc1ccc(F)c(F)c1. The lowest BCUT2D eigenvalue weighted by molar-refractivity contribution is -0.138. The molecule has 1 saturated heterocycles. The van der Waals surface area contributed by atoms with Crippen molar-refractivity contribution in [3.05, 3.63) is 35.4 Å². The van der Waals surface area contributed by atoms with Gasteiger partial charge in [-0.1, -0.05) is 6.07 Å². The molecule has 0 bridgehead atoms. The van der Waals surface area contributed by atoms with Gasteiger partial charge in [0.2, 0.25) is 0 Å². The molecule has 1 N–H and O–H groups in total. The second-order valence-electron chi connectivity index (χ2n) is 4.61. The fourth-order valence-electron chi connectivity index (χ4n) is 2.41. The van der Waals surface area contributed by atoms with Gasteiger partial charge in [0.05, 0.1) is 6.42 Å². The quantitative estimate of drug-likeness (QED) is 0.898. The fraction of sp³-hybridized carbons (Fsp3) is 0.462. The molecule has 2 rings (SSSR count). The molecule has 5 heteroatoms. The summed E-state index contributed by atoms with van der Waals surface area (Å²) in [4.78, 5) is 12.7. The maximum Gasteiger partial charge on any atom is 0.304 e. The van der Waals surface area contributed by atoms with Crippen molar-refractivity contribution in [1.82, 2.24) is 4.90 Å². The zero-order chi connectivity index (χ0) is 13.1. The molecule has 1 fully saturated rings. The molecule has 1 atom stereocenters. The van der Waals surface area contributed by atoms with Gasteiger partial charge in [0.1, 0.15) is 0 Å². The van der Waals surface area contributed by atoms with E-state index in [1.807, 2.05) is 4.90 Å². The number of hydrogen-bond donors (Lipinski definition) is 1. The second-order valence-corrected chi connectivity index (χ2v) is 4.61. The van der Waals surface area contributed by atoms with Crippen LogP contribution >= 0.6 is 0 Å². The third-order valence-electron chi connectivity index (χ3n) is 3.28. The lowest BCUT2D eigenvalue weighted by atomic mass is 10.1. The molecule has 1 unspecified atom stereocenters. The number of carboxylic acid groups (broad SMARTS) is 1.